The summed E-state index contributed by atoms with van der Waals surface area (Å²) in [5.74, 6) is 0. The molecular formula is C11H12ClNO. The summed E-state index contributed by atoms with van der Waals surface area (Å²) in [6.07, 6.45) is 0.688. The normalized spacial score (nSPS) is 11.1. The second-order valence-electron chi connectivity index (χ2n) is 3.39. The molecule has 0 aliphatic rings. The summed E-state index contributed by atoms with van der Waals surface area (Å²) >= 11 is 5.89. The Labute approximate surface area is 87.5 Å². The lowest BCUT2D eigenvalue weighted by molar-refractivity contribution is 0.300. The van der Waals surface area contributed by atoms with Gasteiger partial charge >= 0.3 is 0 Å². The molecule has 1 aromatic heterocycles. The van der Waals surface area contributed by atoms with Gasteiger partial charge in [0, 0.05) is 28.2 Å². The number of aryl methyl sites for hydroxylation is 1. The maximum atomic E-state index is 8.94. The summed E-state index contributed by atoms with van der Waals surface area (Å²) in [5.41, 5.74) is 3.33. The highest BCUT2D eigenvalue weighted by atomic mass is 35.5. The van der Waals surface area contributed by atoms with Crippen LogP contribution in [0.1, 0.15) is 11.3 Å². The molecule has 0 amide bonds. The van der Waals surface area contributed by atoms with Crippen LogP contribution in [0.3, 0.4) is 0 Å². The lowest BCUT2D eigenvalue weighted by Gasteiger charge is -1.97. The standard InChI is InChI=1S/C11H12ClNO/c1-7-9(4-5-14)10-3-2-8(12)6-11(10)13-7/h2-3,6,13-14H,4-5H2,1H3. The van der Waals surface area contributed by atoms with E-state index in [2.05, 4.69) is 4.98 Å². The first-order chi connectivity index (χ1) is 6.72. The molecular weight excluding hydrogens is 198 g/mol. The van der Waals surface area contributed by atoms with Gasteiger partial charge in [0.15, 0.2) is 0 Å². The van der Waals surface area contributed by atoms with Crippen molar-refractivity contribution in [2.75, 3.05) is 6.61 Å². The van der Waals surface area contributed by atoms with Crippen LogP contribution in [0.4, 0.5) is 0 Å². The molecule has 0 saturated carbocycles. The summed E-state index contributed by atoms with van der Waals surface area (Å²) < 4.78 is 0. The van der Waals surface area contributed by atoms with Crippen molar-refractivity contribution in [3.05, 3.63) is 34.5 Å². The molecule has 2 aromatic rings. The third-order valence-corrected chi connectivity index (χ3v) is 2.68. The smallest absolute Gasteiger partial charge is 0.0473 e. The Hall–Kier alpha value is -0.990. The third-order valence-electron chi connectivity index (χ3n) is 2.44. The molecule has 0 aliphatic carbocycles. The van der Waals surface area contributed by atoms with Crippen LogP contribution in [-0.4, -0.2) is 16.7 Å². The van der Waals surface area contributed by atoms with Crippen LogP contribution in [0.2, 0.25) is 5.02 Å². The summed E-state index contributed by atoms with van der Waals surface area (Å²) in [6, 6.07) is 5.77. The van der Waals surface area contributed by atoms with Crippen molar-refractivity contribution >= 4 is 22.5 Å². The van der Waals surface area contributed by atoms with Gasteiger partial charge in [-0.1, -0.05) is 17.7 Å². The molecule has 0 spiro atoms. The molecule has 1 aromatic carbocycles. The average Bonchev–Trinajstić information content (AvgIpc) is 2.43. The Balaban J connectivity index is 2.64. The molecule has 0 radical (unpaired) electrons. The van der Waals surface area contributed by atoms with Crippen LogP contribution < -0.4 is 0 Å². The molecule has 2 nitrogen and oxygen atoms in total. The van der Waals surface area contributed by atoms with Crippen LogP contribution in [-0.2, 0) is 6.42 Å². The second-order valence-corrected chi connectivity index (χ2v) is 3.83. The topological polar surface area (TPSA) is 36.0 Å². The Morgan fingerprint density at radius 2 is 2.21 bits per heavy atom. The van der Waals surface area contributed by atoms with E-state index >= 15 is 0 Å². The van der Waals surface area contributed by atoms with Crippen molar-refractivity contribution in [3.8, 4) is 0 Å². The molecule has 0 bridgehead atoms. The van der Waals surface area contributed by atoms with Gasteiger partial charge in [0.2, 0.25) is 0 Å². The molecule has 2 rings (SSSR count). The first-order valence-electron chi connectivity index (χ1n) is 4.60. The van der Waals surface area contributed by atoms with Crippen LogP contribution in [0, 0.1) is 6.92 Å². The molecule has 1 heterocycles. The van der Waals surface area contributed by atoms with Crippen LogP contribution in [0.5, 0.6) is 0 Å². The fraction of sp³-hybridized carbons (Fsp3) is 0.273. The molecule has 0 saturated heterocycles. The van der Waals surface area contributed by atoms with E-state index in [4.69, 9.17) is 16.7 Å². The minimum Gasteiger partial charge on any atom is -0.396 e. The number of halogens is 1. The molecule has 0 atom stereocenters. The maximum absolute atomic E-state index is 8.94. The number of aliphatic hydroxyl groups is 1. The maximum Gasteiger partial charge on any atom is 0.0473 e. The van der Waals surface area contributed by atoms with E-state index in [1.165, 1.54) is 5.56 Å². The minimum atomic E-state index is 0.177. The van der Waals surface area contributed by atoms with Gasteiger partial charge in [-0.05, 0) is 31.0 Å². The van der Waals surface area contributed by atoms with Crippen molar-refractivity contribution in [1.82, 2.24) is 4.98 Å². The number of hydrogen-bond donors (Lipinski definition) is 2. The highest BCUT2D eigenvalue weighted by Gasteiger charge is 2.07. The lowest BCUT2D eigenvalue weighted by atomic mass is 10.1. The molecule has 2 N–H and O–H groups in total. The van der Waals surface area contributed by atoms with Gasteiger partial charge in [0.05, 0.1) is 0 Å². The number of hydrogen-bond acceptors (Lipinski definition) is 1. The highest BCUT2D eigenvalue weighted by molar-refractivity contribution is 6.31. The number of rotatable bonds is 2. The largest absolute Gasteiger partial charge is 0.396 e. The van der Waals surface area contributed by atoms with Crippen LogP contribution >= 0.6 is 11.6 Å². The quantitative estimate of drug-likeness (QED) is 0.784. The van der Waals surface area contributed by atoms with E-state index in [0.29, 0.717) is 6.42 Å². The van der Waals surface area contributed by atoms with E-state index in [9.17, 15) is 0 Å². The van der Waals surface area contributed by atoms with Gasteiger partial charge in [0.25, 0.3) is 0 Å². The number of fused-ring (bicyclic) bond motifs is 1. The fourth-order valence-corrected chi connectivity index (χ4v) is 1.97. The van der Waals surface area contributed by atoms with Gasteiger partial charge in [-0.2, -0.15) is 0 Å². The molecule has 0 aliphatic heterocycles. The first-order valence-corrected chi connectivity index (χ1v) is 4.97. The molecule has 3 heteroatoms. The third kappa shape index (κ3) is 1.51. The molecule has 14 heavy (non-hydrogen) atoms. The van der Waals surface area contributed by atoms with Crippen molar-refractivity contribution in [1.29, 1.82) is 0 Å². The second kappa shape index (κ2) is 3.64. The first kappa shape index (κ1) is 9.56. The van der Waals surface area contributed by atoms with Gasteiger partial charge in [0.1, 0.15) is 0 Å². The molecule has 74 valence electrons. The molecule has 0 unspecified atom stereocenters. The predicted molar refractivity (Wildman–Crippen MR) is 58.8 cm³/mol. The number of aromatic amines is 1. The Morgan fingerprint density at radius 3 is 2.93 bits per heavy atom. The Bertz CT molecular complexity index is 462. The number of benzene rings is 1. The number of aromatic nitrogens is 1. The van der Waals surface area contributed by atoms with Crippen LogP contribution in [0.25, 0.3) is 10.9 Å². The summed E-state index contributed by atoms with van der Waals surface area (Å²) in [7, 11) is 0. The van der Waals surface area contributed by atoms with E-state index in [-0.39, 0.29) is 6.61 Å². The minimum absolute atomic E-state index is 0.177. The Kier molecular flexibility index (Phi) is 2.48. The number of H-pyrrole nitrogens is 1. The van der Waals surface area contributed by atoms with Gasteiger partial charge in [-0.25, -0.2) is 0 Å². The zero-order valence-corrected chi connectivity index (χ0v) is 8.73. The summed E-state index contributed by atoms with van der Waals surface area (Å²) in [4.78, 5) is 3.26. The van der Waals surface area contributed by atoms with E-state index in [0.717, 1.165) is 21.6 Å². The van der Waals surface area contributed by atoms with Gasteiger partial charge < -0.3 is 10.1 Å². The van der Waals surface area contributed by atoms with Crippen molar-refractivity contribution < 1.29 is 5.11 Å². The SMILES string of the molecule is Cc1[nH]c2cc(Cl)ccc2c1CCO. The fourth-order valence-electron chi connectivity index (χ4n) is 1.80. The summed E-state index contributed by atoms with van der Waals surface area (Å²) in [5, 5.41) is 10.8. The monoisotopic (exact) mass is 209 g/mol. The van der Waals surface area contributed by atoms with Crippen molar-refractivity contribution in [2.24, 2.45) is 0 Å². The zero-order valence-electron chi connectivity index (χ0n) is 7.97. The van der Waals surface area contributed by atoms with Crippen molar-refractivity contribution in [3.63, 3.8) is 0 Å². The van der Waals surface area contributed by atoms with E-state index in [1.807, 2.05) is 25.1 Å². The van der Waals surface area contributed by atoms with Gasteiger partial charge in [-0.15, -0.1) is 0 Å². The van der Waals surface area contributed by atoms with Crippen molar-refractivity contribution in [2.45, 2.75) is 13.3 Å². The predicted octanol–water partition coefficient (Wildman–Crippen LogP) is 2.66. The number of aliphatic hydroxyl groups excluding tert-OH is 1. The highest BCUT2D eigenvalue weighted by Crippen LogP contribution is 2.25. The van der Waals surface area contributed by atoms with E-state index in [1.54, 1.807) is 0 Å². The Morgan fingerprint density at radius 1 is 1.43 bits per heavy atom. The molecule has 0 fully saturated rings. The van der Waals surface area contributed by atoms with E-state index < -0.39 is 0 Å². The average molecular weight is 210 g/mol. The summed E-state index contributed by atoms with van der Waals surface area (Å²) in [6.45, 7) is 2.19. The van der Waals surface area contributed by atoms with Crippen LogP contribution in [0.15, 0.2) is 18.2 Å². The van der Waals surface area contributed by atoms with Gasteiger partial charge in [-0.3, -0.25) is 0 Å². The number of nitrogens with one attached hydrogen (secondary N) is 1. The lowest BCUT2D eigenvalue weighted by Crippen LogP contribution is -1.91. The zero-order chi connectivity index (χ0) is 10.1.